The van der Waals surface area contributed by atoms with Gasteiger partial charge in [-0.2, -0.15) is 0 Å². The molecular weight excluding hydrogens is 447 g/mol. The summed E-state index contributed by atoms with van der Waals surface area (Å²) in [7, 11) is 0. The highest BCUT2D eigenvalue weighted by Crippen LogP contribution is 2.43. The number of carboxylic acid groups (broad SMARTS) is 1. The quantitative estimate of drug-likeness (QED) is 0.526. The van der Waals surface area contributed by atoms with Crippen molar-refractivity contribution in [3.63, 3.8) is 0 Å². The van der Waals surface area contributed by atoms with Crippen molar-refractivity contribution >= 4 is 17.5 Å². The Bertz CT molecular complexity index is 1030. The monoisotopic (exact) mass is 481 g/mol. The summed E-state index contributed by atoms with van der Waals surface area (Å²) in [4.78, 5) is 17.7. The van der Waals surface area contributed by atoms with E-state index >= 15 is 0 Å². The lowest BCUT2D eigenvalue weighted by Crippen LogP contribution is -2.38. The van der Waals surface area contributed by atoms with Gasteiger partial charge in [-0.15, -0.1) is 0 Å². The van der Waals surface area contributed by atoms with Gasteiger partial charge in [0.1, 0.15) is 5.82 Å². The molecule has 0 saturated carbocycles. The fourth-order valence-electron chi connectivity index (χ4n) is 3.78. The summed E-state index contributed by atoms with van der Waals surface area (Å²) in [5.41, 5.74) is 7.39. The van der Waals surface area contributed by atoms with Crippen molar-refractivity contribution in [1.82, 2.24) is 4.98 Å². The minimum Gasteiger partial charge on any atom is -0.481 e. The number of nitrogens with two attached hydrogens (primary N) is 1. The van der Waals surface area contributed by atoms with Gasteiger partial charge in [-0.05, 0) is 63.6 Å². The number of halogens is 3. The second-order valence-corrected chi connectivity index (χ2v) is 10.4. The van der Waals surface area contributed by atoms with Crippen molar-refractivity contribution in [2.24, 2.45) is 5.41 Å². The van der Waals surface area contributed by atoms with Gasteiger partial charge in [-0.25, -0.2) is 18.2 Å². The molecule has 0 radical (unpaired) electrons. The van der Waals surface area contributed by atoms with E-state index in [0.717, 1.165) is 25.0 Å². The Morgan fingerprint density at radius 1 is 1.15 bits per heavy atom. The largest absolute Gasteiger partial charge is 0.481 e. The standard InChI is InChI=1S/C21H24F3N3O2.C4H10O/c1-11-13(10-16(28)29)19(27-6-4-21(2,3)5-7-27)17(20(25)26-11)12-8-14(22)18(24)15(23)9-12;1-4(2,3)5/h8-9H,4-7,10H2,1-3H3,(H2,25,26)(H,28,29);5H,1-3H3. The normalized spacial score (nSPS) is 15.5. The molecule has 2 aromatic rings. The Morgan fingerprint density at radius 3 is 2.06 bits per heavy atom. The Hall–Kier alpha value is -2.81. The predicted molar refractivity (Wildman–Crippen MR) is 127 cm³/mol. The van der Waals surface area contributed by atoms with Gasteiger partial charge in [-0.1, -0.05) is 13.8 Å². The first-order valence-corrected chi connectivity index (χ1v) is 11.1. The van der Waals surface area contributed by atoms with Gasteiger partial charge < -0.3 is 20.8 Å². The number of carbonyl (C=O) groups is 1. The van der Waals surface area contributed by atoms with Crippen LogP contribution in [0.1, 0.15) is 58.7 Å². The molecule has 1 saturated heterocycles. The van der Waals surface area contributed by atoms with Crippen molar-refractivity contribution in [1.29, 1.82) is 0 Å². The van der Waals surface area contributed by atoms with E-state index < -0.39 is 29.0 Å². The molecule has 2 heterocycles. The minimum absolute atomic E-state index is 0.0156. The maximum atomic E-state index is 13.9. The fraction of sp³-hybridized carbons (Fsp3) is 0.520. The summed E-state index contributed by atoms with van der Waals surface area (Å²) < 4.78 is 41.4. The van der Waals surface area contributed by atoms with Crippen LogP contribution in [0.15, 0.2) is 12.1 Å². The van der Waals surface area contributed by atoms with Gasteiger partial charge in [0.15, 0.2) is 17.5 Å². The lowest BCUT2D eigenvalue weighted by atomic mass is 9.82. The minimum atomic E-state index is -1.57. The SMILES string of the molecule is CC(C)(C)O.Cc1nc(N)c(-c2cc(F)c(F)c(F)c2)c(N2CCC(C)(C)CC2)c1CC(=O)O. The molecule has 1 aliphatic rings. The molecule has 0 unspecified atom stereocenters. The summed E-state index contributed by atoms with van der Waals surface area (Å²) in [5, 5.41) is 17.9. The third-order valence-corrected chi connectivity index (χ3v) is 5.54. The van der Waals surface area contributed by atoms with Crippen LogP contribution in [0.5, 0.6) is 0 Å². The van der Waals surface area contributed by atoms with Crippen molar-refractivity contribution < 1.29 is 28.2 Å². The van der Waals surface area contributed by atoms with E-state index in [2.05, 4.69) is 18.8 Å². The highest BCUT2D eigenvalue weighted by molar-refractivity contribution is 5.90. The van der Waals surface area contributed by atoms with Crippen LogP contribution in [0.2, 0.25) is 0 Å². The van der Waals surface area contributed by atoms with Gasteiger partial charge in [0.05, 0.1) is 17.7 Å². The third kappa shape index (κ3) is 7.09. The smallest absolute Gasteiger partial charge is 0.307 e. The molecule has 1 aromatic heterocycles. The van der Waals surface area contributed by atoms with Crippen LogP contribution in [0.4, 0.5) is 24.7 Å². The molecule has 1 aliphatic heterocycles. The van der Waals surface area contributed by atoms with Crippen LogP contribution in [-0.4, -0.2) is 39.9 Å². The summed E-state index contributed by atoms with van der Waals surface area (Å²) >= 11 is 0. The molecule has 0 amide bonds. The number of nitrogens with zero attached hydrogens (tertiary/aromatic N) is 2. The molecule has 0 aliphatic carbocycles. The summed E-state index contributed by atoms with van der Waals surface area (Å²) in [6.07, 6.45) is 1.40. The molecular formula is C25H34F3N3O3. The number of anilines is 2. The fourth-order valence-corrected chi connectivity index (χ4v) is 3.78. The number of nitrogen functional groups attached to an aromatic ring is 1. The van der Waals surface area contributed by atoms with Crippen molar-refractivity contribution in [2.75, 3.05) is 23.7 Å². The first-order chi connectivity index (χ1) is 15.5. The zero-order valence-electron chi connectivity index (χ0n) is 20.6. The molecule has 9 heteroatoms. The Balaban J connectivity index is 0.000000739. The van der Waals surface area contributed by atoms with Gasteiger partial charge >= 0.3 is 5.97 Å². The second-order valence-electron chi connectivity index (χ2n) is 10.4. The molecule has 0 bridgehead atoms. The lowest BCUT2D eigenvalue weighted by Gasteiger charge is -2.40. The predicted octanol–water partition coefficient (Wildman–Crippen LogP) is 5.09. The number of hydrogen-bond acceptors (Lipinski definition) is 5. The van der Waals surface area contributed by atoms with Gasteiger partial charge in [0, 0.05) is 29.9 Å². The molecule has 0 spiro atoms. The van der Waals surface area contributed by atoms with Crippen LogP contribution < -0.4 is 10.6 Å². The molecule has 3 rings (SSSR count). The molecule has 0 atom stereocenters. The van der Waals surface area contributed by atoms with E-state index in [4.69, 9.17) is 10.8 Å². The number of hydrogen-bond donors (Lipinski definition) is 3. The Kier molecular flexibility index (Phi) is 8.24. The average molecular weight is 482 g/mol. The van der Waals surface area contributed by atoms with Crippen molar-refractivity contribution in [2.45, 2.75) is 66.4 Å². The maximum absolute atomic E-state index is 13.9. The summed E-state index contributed by atoms with van der Waals surface area (Å²) in [6, 6.07) is 1.73. The van der Waals surface area contributed by atoms with Gasteiger partial charge in [0.2, 0.25) is 0 Å². The molecule has 1 aromatic carbocycles. The van der Waals surface area contributed by atoms with E-state index in [-0.39, 0.29) is 28.8 Å². The summed E-state index contributed by atoms with van der Waals surface area (Å²) in [6.45, 7) is 12.4. The average Bonchev–Trinajstić information content (AvgIpc) is 2.66. The molecule has 6 nitrogen and oxygen atoms in total. The first-order valence-electron chi connectivity index (χ1n) is 11.1. The number of aliphatic hydroxyl groups is 1. The zero-order chi connectivity index (χ0) is 26.0. The van der Waals surface area contributed by atoms with Crippen molar-refractivity contribution in [3.05, 3.63) is 40.8 Å². The number of pyridine rings is 1. The number of aliphatic carboxylic acids is 1. The van der Waals surface area contributed by atoms with E-state index in [0.29, 0.717) is 30.0 Å². The summed E-state index contributed by atoms with van der Waals surface area (Å²) in [5.74, 6) is -5.29. The van der Waals surface area contributed by atoms with Crippen LogP contribution in [-0.2, 0) is 11.2 Å². The highest BCUT2D eigenvalue weighted by Gasteiger charge is 2.31. The number of carboxylic acids is 1. The molecule has 4 N–H and O–H groups in total. The number of piperidine rings is 1. The third-order valence-electron chi connectivity index (χ3n) is 5.54. The topological polar surface area (TPSA) is 99.7 Å². The zero-order valence-corrected chi connectivity index (χ0v) is 20.6. The first kappa shape index (κ1) is 27.4. The molecule has 34 heavy (non-hydrogen) atoms. The molecule has 1 fully saturated rings. The van der Waals surface area contributed by atoms with E-state index in [1.165, 1.54) is 0 Å². The maximum Gasteiger partial charge on any atom is 0.307 e. The van der Waals surface area contributed by atoms with E-state index in [9.17, 15) is 23.1 Å². The number of rotatable bonds is 4. The van der Waals surface area contributed by atoms with E-state index in [1.54, 1.807) is 27.7 Å². The number of aryl methyl sites for hydroxylation is 1. The van der Waals surface area contributed by atoms with Crippen LogP contribution in [0.3, 0.4) is 0 Å². The highest BCUT2D eigenvalue weighted by atomic mass is 19.2. The number of benzene rings is 1. The number of aromatic nitrogens is 1. The van der Waals surface area contributed by atoms with Gasteiger partial charge in [-0.3, -0.25) is 4.79 Å². The van der Waals surface area contributed by atoms with Crippen molar-refractivity contribution in [3.8, 4) is 11.1 Å². The molecule has 188 valence electrons. The van der Waals surface area contributed by atoms with Gasteiger partial charge in [0.25, 0.3) is 0 Å². The van der Waals surface area contributed by atoms with Crippen LogP contribution in [0, 0.1) is 29.8 Å². The Labute approximate surface area is 198 Å². The van der Waals surface area contributed by atoms with Crippen LogP contribution >= 0.6 is 0 Å². The Morgan fingerprint density at radius 2 is 1.62 bits per heavy atom. The second kappa shape index (κ2) is 10.2. The van der Waals surface area contributed by atoms with E-state index in [1.807, 2.05) is 4.90 Å². The van der Waals surface area contributed by atoms with Crippen LogP contribution in [0.25, 0.3) is 11.1 Å². The lowest BCUT2D eigenvalue weighted by molar-refractivity contribution is -0.136.